The van der Waals surface area contributed by atoms with Gasteiger partial charge < -0.3 is 39.9 Å². The van der Waals surface area contributed by atoms with Crippen molar-refractivity contribution in [2.45, 2.75) is 236 Å². The number of phosphoric ester groups is 1. The fourth-order valence-corrected chi connectivity index (χ4v) is 8.05. The predicted octanol–water partition coefficient (Wildman–Crippen LogP) is 9.39. The van der Waals surface area contributed by atoms with Crippen LogP contribution in [0.4, 0.5) is 0 Å². The van der Waals surface area contributed by atoms with Gasteiger partial charge in [-0.3, -0.25) is 18.6 Å². The zero-order valence-electron chi connectivity index (χ0n) is 37.7. The van der Waals surface area contributed by atoms with E-state index in [2.05, 4.69) is 50.3 Å². The van der Waals surface area contributed by atoms with Crippen LogP contribution in [-0.2, 0) is 32.7 Å². The second kappa shape index (κ2) is 37.4. The molecule has 0 radical (unpaired) electrons. The molecule has 0 bridgehead atoms. The van der Waals surface area contributed by atoms with Crippen LogP contribution in [-0.4, -0.2) is 98.3 Å². The monoisotopic (exact) mass is 889 g/mol. The molecule has 61 heavy (non-hydrogen) atoms. The standard InChI is InChI=1S/C47H85O13P/c1-3-5-7-9-11-13-15-17-19-20-21-22-24-26-28-30-32-34-36-41(49)59-39(38-58-61(55,56)60-47-45(53)43(51)42(50)44(52)46(47)54)37-57-40(48)35-33-31-29-27-25-23-18-16-14-12-10-8-6-4-2/h13,15-16,18-20,39,42-47,50-54H,3-12,14,17,21-38H2,1-2H3,(H,55,56)/b15-13-,18-16-,20-19-. The van der Waals surface area contributed by atoms with Crippen molar-refractivity contribution in [1.82, 2.24) is 0 Å². The van der Waals surface area contributed by atoms with Gasteiger partial charge in [0, 0.05) is 12.8 Å². The highest BCUT2D eigenvalue weighted by atomic mass is 31.2. The summed E-state index contributed by atoms with van der Waals surface area (Å²) in [6, 6.07) is 0. The molecule has 13 nitrogen and oxygen atoms in total. The van der Waals surface area contributed by atoms with E-state index in [1.165, 1.54) is 64.2 Å². The maximum Gasteiger partial charge on any atom is 0.472 e. The topological polar surface area (TPSA) is 210 Å². The first-order chi connectivity index (χ1) is 29.4. The number of unbranched alkanes of at least 4 members (excludes halogenated alkanes) is 21. The van der Waals surface area contributed by atoms with Crippen molar-refractivity contribution in [2.24, 2.45) is 0 Å². The maximum absolute atomic E-state index is 12.8. The van der Waals surface area contributed by atoms with Crippen LogP contribution < -0.4 is 0 Å². The van der Waals surface area contributed by atoms with E-state index in [0.717, 1.165) is 89.9 Å². The number of allylic oxidation sites excluding steroid dienone is 6. The van der Waals surface area contributed by atoms with Crippen LogP contribution in [0.3, 0.4) is 0 Å². The van der Waals surface area contributed by atoms with Crippen LogP contribution in [0.1, 0.15) is 194 Å². The highest BCUT2D eigenvalue weighted by Gasteiger charge is 2.51. The summed E-state index contributed by atoms with van der Waals surface area (Å²) < 4.78 is 33.5. The largest absolute Gasteiger partial charge is 0.472 e. The average Bonchev–Trinajstić information content (AvgIpc) is 3.24. The Bertz CT molecular complexity index is 1210. The Morgan fingerprint density at radius 1 is 0.508 bits per heavy atom. The molecule has 0 aliphatic heterocycles. The Morgan fingerprint density at radius 2 is 0.885 bits per heavy atom. The lowest BCUT2D eigenvalue weighted by atomic mass is 9.85. The fourth-order valence-electron chi connectivity index (χ4n) is 7.08. The maximum atomic E-state index is 12.8. The SMILES string of the molecule is CCCCCC/C=C\C/C=C\CCCCCCCCCC(=O)OC(COC(=O)CCCCCCC/C=C\CCCCCCC)COP(=O)(O)OC1C(O)C(O)C(O)C(O)C1O. The van der Waals surface area contributed by atoms with Crippen LogP contribution in [0.25, 0.3) is 0 Å². The first kappa shape index (κ1) is 57.1. The Morgan fingerprint density at radius 3 is 1.36 bits per heavy atom. The molecule has 14 heteroatoms. The van der Waals surface area contributed by atoms with Gasteiger partial charge in [0.15, 0.2) is 6.10 Å². The summed E-state index contributed by atoms with van der Waals surface area (Å²) in [5, 5.41) is 50.2. The molecule has 6 atom stereocenters. The van der Waals surface area contributed by atoms with Crippen molar-refractivity contribution in [2.75, 3.05) is 13.2 Å². The van der Waals surface area contributed by atoms with Gasteiger partial charge in [-0.05, 0) is 70.6 Å². The molecule has 1 rings (SSSR count). The van der Waals surface area contributed by atoms with Crippen molar-refractivity contribution in [1.29, 1.82) is 0 Å². The number of aliphatic hydroxyl groups excluding tert-OH is 5. The molecule has 6 unspecified atom stereocenters. The number of hydrogen-bond donors (Lipinski definition) is 6. The average molecular weight is 889 g/mol. The van der Waals surface area contributed by atoms with E-state index in [1.807, 2.05) is 0 Å². The van der Waals surface area contributed by atoms with Crippen LogP contribution in [0.2, 0.25) is 0 Å². The molecule has 0 aromatic carbocycles. The molecule has 0 spiro atoms. The third kappa shape index (κ3) is 30.0. The van der Waals surface area contributed by atoms with Gasteiger partial charge in [-0.1, -0.05) is 147 Å². The smallest absolute Gasteiger partial charge is 0.462 e. The van der Waals surface area contributed by atoms with Crippen molar-refractivity contribution < 1.29 is 63.1 Å². The van der Waals surface area contributed by atoms with Gasteiger partial charge in [0.2, 0.25) is 0 Å². The van der Waals surface area contributed by atoms with E-state index in [0.29, 0.717) is 12.8 Å². The van der Waals surface area contributed by atoms with Crippen molar-refractivity contribution >= 4 is 19.8 Å². The van der Waals surface area contributed by atoms with Gasteiger partial charge in [0.25, 0.3) is 0 Å². The number of rotatable bonds is 39. The number of hydrogen-bond acceptors (Lipinski definition) is 12. The van der Waals surface area contributed by atoms with E-state index in [4.69, 9.17) is 18.5 Å². The minimum Gasteiger partial charge on any atom is -0.462 e. The van der Waals surface area contributed by atoms with Crippen molar-refractivity contribution in [3.8, 4) is 0 Å². The third-order valence-electron chi connectivity index (χ3n) is 11.0. The summed E-state index contributed by atoms with van der Waals surface area (Å²) >= 11 is 0. The fraction of sp³-hybridized carbons (Fsp3) is 0.830. The van der Waals surface area contributed by atoms with Crippen LogP contribution in [0.5, 0.6) is 0 Å². The van der Waals surface area contributed by atoms with E-state index in [9.17, 15) is 44.6 Å². The third-order valence-corrected chi connectivity index (χ3v) is 11.9. The molecule has 0 amide bonds. The highest BCUT2D eigenvalue weighted by molar-refractivity contribution is 7.47. The van der Waals surface area contributed by atoms with Crippen LogP contribution >= 0.6 is 7.82 Å². The number of esters is 2. The number of carbonyl (C=O) groups excluding carboxylic acids is 2. The van der Waals surface area contributed by atoms with Gasteiger partial charge in [0.05, 0.1) is 6.61 Å². The minimum atomic E-state index is -5.12. The van der Waals surface area contributed by atoms with E-state index in [-0.39, 0.29) is 12.8 Å². The lowest BCUT2D eigenvalue weighted by molar-refractivity contribution is -0.220. The Kier molecular flexibility index (Phi) is 35.0. The number of ether oxygens (including phenoxy) is 2. The zero-order chi connectivity index (χ0) is 45.0. The van der Waals surface area contributed by atoms with Gasteiger partial charge in [-0.25, -0.2) is 4.57 Å². The first-order valence-electron chi connectivity index (χ1n) is 23.8. The second-order valence-corrected chi connectivity index (χ2v) is 18.0. The minimum absolute atomic E-state index is 0.0864. The zero-order valence-corrected chi connectivity index (χ0v) is 38.6. The quantitative estimate of drug-likeness (QED) is 0.0147. The first-order valence-corrected chi connectivity index (χ1v) is 25.3. The second-order valence-electron chi connectivity index (χ2n) is 16.6. The summed E-state index contributed by atoms with van der Waals surface area (Å²) in [5.41, 5.74) is 0. The molecule has 1 saturated carbocycles. The summed E-state index contributed by atoms with van der Waals surface area (Å²) in [6.45, 7) is 3.26. The number of aliphatic hydroxyl groups is 5. The summed E-state index contributed by atoms with van der Waals surface area (Å²) in [6.07, 6.45) is 29.0. The van der Waals surface area contributed by atoms with Gasteiger partial charge in [0.1, 0.15) is 43.2 Å². The van der Waals surface area contributed by atoms with E-state index in [1.54, 1.807) is 0 Å². The molecule has 1 aliphatic carbocycles. The van der Waals surface area contributed by atoms with Crippen LogP contribution in [0, 0.1) is 0 Å². The molecular weight excluding hydrogens is 803 g/mol. The summed E-state index contributed by atoms with van der Waals surface area (Å²) in [5.74, 6) is -1.12. The summed E-state index contributed by atoms with van der Waals surface area (Å²) in [7, 11) is -5.12. The molecule has 1 fully saturated rings. The predicted molar refractivity (Wildman–Crippen MR) is 240 cm³/mol. The van der Waals surface area contributed by atoms with Crippen LogP contribution in [0.15, 0.2) is 36.5 Å². The Balaban J connectivity index is 2.45. The molecular formula is C47H85O13P. The number of carbonyl (C=O) groups is 2. The Hall–Kier alpha value is -1.93. The number of phosphoric acid groups is 1. The van der Waals surface area contributed by atoms with E-state index < -0.39 is 75.7 Å². The molecule has 0 aromatic rings. The lowest BCUT2D eigenvalue weighted by Gasteiger charge is -2.41. The van der Waals surface area contributed by atoms with Gasteiger partial charge >= 0.3 is 19.8 Å². The highest BCUT2D eigenvalue weighted by Crippen LogP contribution is 2.47. The molecule has 356 valence electrons. The molecule has 6 N–H and O–H groups in total. The molecule has 0 aromatic heterocycles. The normalized spacial score (nSPS) is 22.3. The van der Waals surface area contributed by atoms with Crippen molar-refractivity contribution in [3.05, 3.63) is 36.5 Å². The molecule has 1 aliphatic rings. The Labute approximate surface area is 368 Å². The van der Waals surface area contributed by atoms with Gasteiger partial charge in [-0.15, -0.1) is 0 Å². The van der Waals surface area contributed by atoms with Gasteiger partial charge in [-0.2, -0.15) is 0 Å². The van der Waals surface area contributed by atoms with E-state index >= 15 is 0 Å². The molecule has 0 heterocycles. The lowest BCUT2D eigenvalue weighted by Crippen LogP contribution is -2.64. The van der Waals surface area contributed by atoms with Crippen molar-refractivity contribution in [3.63, 3.8) is 0 Å². The molecule has 0 saturated heterocycles. The summed E-state index contributed by atoms with van der Waals surface area (Å²) in [4.78, 5) is 35.7.